The fraction of sp³-hybridized carbons (Fsp3) is 0.278. The quantitative estimate of drug-likeness (QED) is 0.947. The Morgan fingerprint density at radius 2 is 1.82 bits per heavy atom. The Balaban J connectivity index is 2.27. The first-order valence-electron chi connectivity index (χ1n) is 7.30. The average molecular weight is 297 g/mol. The summed E-state index contributed by atoms with van der Waals surface area (Å²) in [5, 5.41) is 11.3. The zero-order chi connectivity index (χ0) is 15.9. The van der Waals surface area contributed by atoms with Crippen molar-refractivity contribution in [3.8, 4) is 5.75 Å². The number of rotatable bonds is 3. The SMILES string of the molecule is COc1ccc2c(c1)C(O)(c1ccccc1)C(=O)N2C(C)C. The molecule has 1 amide bonds. The van der Waals surface area contributed by atoms with E-state index in [4.69, 9.17) is 4.74 Å². The average Bonchev–Trinajstić information content (AvgIpc) is 2.77. The van der Waals surface area contributed by atoms with Crippen molar-refractivity contribution < 1.29 is 14.6 Å². The fourth-order valence-electron chi connectivity index (χ4n) is 3.01. The van der Waals surface area contributed by atoms with Crippen molar-refractivity contribution in [3.63, 3.8) is 0 Å². The third-order valence-corrected chi connectivity index (χ3v) is 4.09. The van der Waals surface area contributed by atoms with E-state index >= 15 is 0 Å². The van der Waals surface area contributed by atoms with Gasteiger partial charge in [-0.3, -0.25) is 4.79 Å². The van der Waals surface area contributed by atoms with Crippen LogP contribution in [-0.2, 0) is 10.4 Å². The first-order chi connectivity index (χ1) is 10.5. The van der Waals surface area contributed by atoms with E-state index in [-0.39, 0.29) is 11.9 Å². The molecule has 0 radical (unpaired) electrons. The molecule has 0 bridgehead atoms. The van der Waals surface area contributed by atoms with Crippen molar-refractivity contribution >= 4 is 11.6 Å². The lowest BCUT2D eigenvalue weighted by molar-refractivity contribution is -0.132. The number of carbonyl (C=O) groups excluding carboxylic acids is 1. The first-order valence-corrected chi connectivity index (χ1v) is 7.30. The lowest BCUT2D eigenvalue weighted by Crippen LogP contribution is -2.44. The van der Waals surface area contributed by atoms with Crippen LogP contribution in [0.15, 0.2) is 48.5 Å². The molecule has 114 valence electrons. The van der Waals surface area contributed by atoms with Crippen LogP contribution in [0.25, 0.3) is 0 Å². The lowest BCUT2D eigenvalue weighted by atomic mass is 9.87. The van der Waals surface area contributed by atoms with Gasteiger partial charge in [-0.15, -0.1) is 0 Å². The van der Waals surface area contributed by atoms with Crippen molar-refractivity contribution in [1.29, 1.82) is 0 Å². The van der Waals surface area contributed by atoms with Gasteiger partial charge in [-0.1, -0.05) is 30.3 Å². The summed E-state index contributed by atoms with van der Waals surface area (Å²) in [6.07, 6.45) is 0. The minimum absolute atomic E-state index is 0.0441. The summed E-state index contributed by atoms with van der Waals surface area (Å²) in [4.78, 5) is 14.6. The van der Waals surface area contributed by atoms with Crippen molar-refractivity contribution in [2.24, 2.45) is 0 Å². The molecule has 2 aromatic rings. The topological polar surface area (TPSA) is 49.8 Å². The molecule has 1 atom stereocenters. The number of benzene rings is 2. The van der Waals surface area contributed by atoms with E-state index in [1.165, 1.54) is 0 Å². The highest BCUT2D eigenvalue weighted by Gasteiger charge is 2.51. The number of carbonyl (C=O) groups is 1. The van der Waals surface area contributed by atoms with Crippen LogP contribution in [0, 0.1) is 0 Å². The van der Waals surface area contributed by atoms with E-state index in [2.05, 4.69) is 0 Å². The van der Waals surface area contributed by atoms with Crippen LogP contribution >= 0.6 is 0 Å². The Morgan fingerprint density at radius 1 is 1.14 bits per heavy atom. The number of methoxy groups -OCH3 is 1. The van der Waals surface area contributed by atoms with E-state index in [0.717, 1.165) is 5.69 Å². The van der Waals surface area contributed by atoms with Crippen molar-refractivity contribution in [1.82, 2.24) is 0 Å². The molecule has 0 fully saturated rings. The second-order valence-electron chi connectivity index (χ2n) is 5.73. The normalized spacial score (nSPS) is 20.4. The monoisotopic (exact) mass is 297 g/mol. The Morgan fingerprint density at radius 3 is 2.41 bits per heavy atom. The molecule has 0 spiro atoms. The van der Waals surface area contributed by atoms with E-state index in [0.29, 0.717) is 16.9 Å². The molecule has 1 unspecified atom stereocenters. The van der Waals surface area contributed by atoms with Crippen molar-refractivity contribution in [3.05, 3.63) is 59.7 Å². The van der Waals surface area contributed by atoms with Crippen LogP contribution in [0.5, 0.6) is 5.75 Å². The summed E-state index contributed by atoms with van der Waals surface area (Å²) in [7, 11) is 1.57. The van der Waals surface area contributed by atoms with Gasteiger partial charge in [-0.2, -0.15) is 0 Å². The van der Waals surface area contributed by atoms with Crippen LogP contribution in [0.2, 0.25) is 0 Å². The van der Waals surface area contributed by atoms with Crippen LogP contribution in [0.1, 0.15) is 25.0 Å². The minimum atomic E-state index is -1.67. The molecule has 3 rings (SSSR count). The fourth-order valence-corrected chi connectivity index (χ4v) is 3.01. The highest BCUT2D eigenvalue weighted by atomic mass is 16.5. The predicted octanol–water partition coefficient (Wildman–Crippen LogP) is 2.69. The van der Waals surface area contributed by atoms with Gasteiger partial charge in [-0.25, -0.2) is 0 Å². The summed E-state index contributed by atoms with van der Waals surface area (Å²) in [5.74, 6) is 0.295. The largest absolute Gasteiger partial charge is 0.497 e. The number of anilines is 1. The molecule has 1 heterocycles. The molecule has 0 saturated heterocycles. The molecule has 0 aliphatic carbocycles. The molecule has 1 aliphatic heterocycles. The summed E-state index contributed by atoms with van der Waals surface area (Å²) in [5.41, 5.74) is 0.191. The number of amides is 1. The zero-order valence-corrected chi connectivity index (χ0v) is 12.9. The molecule has 4 nitrogen and oxygen atoms in total. The third-order valence-electron chi connectivity index (χ3n) is 4.09. The smallest absolute Gasteiger partial charge is 0.268 e. The second kappa shape index (κ2) is 5.14. The van der Waals surface area contributed by atoms with Crippen molar-refractivity contribution in [2.75, 3.05) is 12.0 Å². The van der Waals surface area contributed by atoms with Gasteiger partial charge in [-0.05, 0) is 37.6 Å². The van der Waals surface area contributed by atoms with E-state index in [9.17, 15) is 9.90 Å². The molecule has 1 aliphatic rings. The van der Waals surface area contributed by atoms with Gasteiger partial charge in [0.15, 0.2) is 5.60 Å². The van der Waals surface area contributed by atoms with Crippen LogP contribution < -0.4 is 9.64 Å². The van der Waals surface area contributed by atoms with Crippen LogP contribution in [0.3, 0.4) is 0 Å². The van der Waals surface area contributed by atoms with Gasteiger partial charge in [0.1, 0.15) is 5.75 Å². The molecule has 2 aromatic carbocycles. The summed E-state index contributed by atoms with van der Waals surface area (Å²) >= 11 is 0. The van der Waals surface area contributed by atoms with Gasteiger partial charge in [0.2, 0.25) is 0 Å². The third kappa shape index (κ3) is 1.91. The Labute approximate surface area is 130 Å². The van der Waals surface area contributed by atoms with Crippen LogP contribution in [0.4, 0.5) is 5.69 Å². The number of ether oxygens (including phenoxy) is 1. The predicted molar refractivity (Wildman–Crippen MR) is 85.1 cm³/mol. The van der Waals surface area contributed by atoms with Gasteiger partial charge >= 0.3 is 0 Å². The maximum absolute atomic E-state index is 13.0. The van der Waals surface area contributed by atoms with Crippen LogP contribution in [-0.4, -0.2) is 24.2 Å². The second-order valence-corrected chi connectivity index (χ2v) is 5.73. The summed E-state index contributed by atoms with van der Waals surface area (Å²) < 4.78 is 5.26. The standard InChI is InChI=1S/C18H19NO3/c1-12(2)19-16-10-9-14(22-3)11-15(16)18(21,17(19)20)13-7-5-4-6-8-13/h4-12,21H,1-3H3. The Bertz CT molecular complexity index is 712. The van der Waals surface area contributed by atoms with Gasteiger partial charge in [0.25, 0.3) is 5.91 Å². The van der Waals surface area contributed by atoms with E-state index < -0.39 is 5.60 Å². The maximum atomic E-state index is 13.0. The highest BCUT2D eigenvalue weighted by Crippen LogP contribution is 2.46. The minimum Gasteiger partial charge on any atom is -0.497 e. The number of fused-ring (bicyclic) bond motifs is 1. The van der Waals surface area contributed by atoms with Gasteiger partial charge in [0.05, 0.1) is 12.8 Å². The molecular formula is C18H19NO3. The van der Waals surface area contributed by atoms with E-state index in [1.54, 1.807) is 36.3 Å². The number of hydrogen-bond donors (Lipinski definition) is 1. The Hall–Kier alpha value is -2.33. The number of hydrogen-bond acceptors (Lipinski definition) is 3. The van der Waals surface area contributed by atoms with Gasteiger partial charge < -0.3 is 14.7 Å². The lowest BCUT2D eigenvalue weighted by Gasteiger charge is -2.25. The highest BCUT2D eigenvalue weighted by molar-refractivity contribution is 6.09. The number of nitrogens with zero attached hydrogens (tertiary/aromatic N) is 1. The molecule has 4 heteroatoms. The summed E-state index contributed by atoms with van der Waals surface area (Å²) in [6, 6.07) is 14.4. The maximum Gasteiger partial charge on any atom is 0.268 e. The van der Waals surface area contributed by atoms with Gasteiger partial charge in [0, 0.05) is 11.6 Å². The molecule has 0 aromatic heterocycles. The summed E-state index contributed by atoms with van der Waals surface area (Å²) in [6.45, 7) is 3.87. The molecular weight excluding hydrogens is 278 g/mol. The zero-order valence-electron chi connectivity index (χ0n) is 12.9. The molecule has 1 N–H and O–H groups in total. The number of aliphatic hydroxyl groups is 1. The first kappa shape index (κ1) is 14.6. The Kier molecular flexibility index (Phi) is 3.41. The van der Waals surface area contributed by atoms with E-state index in [1.807, 2.05) is 38.1 Å². The molecule has 0 saturated carbocycles. The molecule has 22 heavy (non-hydrogen) atoms. The van der Waals surface area contributed by atoms with Crippen molar-refractivity contribution in [2.45, 2.75) is 25.5 Å².